The van der Waals surface area contributed by atoms with Crippen molar-refractivity contribution in [2.75, 3.05) is 32.7 Å². The van der Waals surface area contributed by atoms with E-state index in [4.69, 9.17) is 4.63 Å². The highest BCUT2D eigenvalue weighted by atomic mass is 16.6. The fourth-order valence-electron chi connectivity index (χ4n) is 7.24. The van der Waals surface area contributed by atoms with E-state index in [0.29, 0.717) is 17.8 Å². The topological polar surface area (TPSA) is 82.7 Å². The van der Waals surface area contributed by atoms with Crippen molar-refractivity contribution < 1.29 is 14.5 Å². The maximum absolute atomic E-state index is 12.3. The summed E-state index contributed by atoms with van der Waals surface area (Å²) in [4.78, 5) is 17.3. The number of nitrogens with zero attached hydrogens (tertiary/aromatic N) is 4. The van der Waals surface area contributed by atoms with Crippen molar-refractivity contribution in [3.63, 3.8) is 0 Å². The Morgan fingerprint density at radius 3 is 2.51 bits per heavy atom. The van der Waals surface area contributed by atoms with Gasteiger partial charge in [-0.3, -0.25) is 9.69 Å². The van der Waals surface area contributed by atoms with Crippen molar-refractivity contribution in [3.05, 3.63) is 59.7 Å². The minimum Gasteiger partial charge on any atom is -0.480 e. The number of carboxylic acids is 1. The maximum Gasteiger partial charge on any atom is 0.320 e. The largest absolute Gasteiger partial charge is 0.480 e. The number of aromatic nitrogens is 2. The van der Waals surface area contributed by atoms with E-state index >= 15 is 0 Å². The van der Waals surface area contributed by atoms with Gasteiger partial charge in [0.05, 0.1) is 0 Å². The highest BCUT2D eigenvalue weighted by molar-refractivity contribution is 5.74. The molecule has 2 aromatic carbocycles. The molecule has 1 N–H and O–H groups in total. The van der Waals surface area contributed by atoms with Crippen molar-refractivity contribution in [1.82, 2.24) is 20.1 Å². The van der Waals surface area contributed by atoms with Gasteiger partial charge >= 0.3 is 5.97 Å². The van der Waals surface area contributed by atoms with Crippen LogP contribution in [0.3, 0.4) is 0 Å². The number of rotatable bonds is 11. The van der Waals surface area contributed by atoms with Crippen molar-refractivity contribution >= 4 is 17.0 Å². The van der Waals surface area contributed by atoms with Crippen molar-refractivity contribution in [1.29, 1.82) is 0 Å². The van der Waals surface area contributed by atoms with Crippen LogP contribution in [0.25, 0.3) is 11.0 Å². The van der Waals surface area contributed by atoms with Crippen molar-refractivity contribution in [2.24, 2.45) is 17.8 Å². The third-order valence-electron chi connectivity index (χ3n) is 9.80. The molecule has 7 nitrogen and oxygen atoms in total. The summed E-state index contributed by atoms with van der Waals surface area (Å²) in [6.45, 7) is 5.15. The summed E-state index contributed by atoms with van der Waals surface area (Å²) in [5.41, 5.74) is 4.35. The lowest BCUT2D eigenvalue weighted by molar-refractivity contribution is -0.144. The zero-order valence-corrected chi connectivity index (χ0v) is 23.0. The van der Waals surface area contributed by atoms with E-state index in [1.54, 1.807) is 0 Å². The van der Waals surface area contributed by atoms with Gasteiger partial charge < -0.3 is 10.0 Å². The molecular weight excluding hydrogens is 488 g/mol. The summed E-state index contributed by atoms with van der Waals surface area (Å²) >= 11 is 0. The number of piperidine rings is 1. The van der Waals surface area contributed by atoms with Gasteiger partial charge in [-0.25, -0.2) is 4.63 Å². The zero-order chi connectivity index (χ0) is 26.6. The van der Waals surface area contributed by atoms with E-state index in [1.165, 1.54) is 56.1 Å². The lowest BCUT2D eigenvalue weighted by atomic mass is 9.80. The van der Waals surface area contributed by atoms with Crippen LogP contribution in [-0.4, -0.2) is 70.0 Å². The SMILES string of the molecule is O=C(O)[C@@H](CC1CCC1)N1C[C@H](CN2CCC(CCCc3ccc4nonc4c3)CC2)[C@@H](c2ccccc2)C1. The van der Waals surface area contributed by atoms with Crippen LogP contribution in [0.1, 0.15) is 68.4 Å². The molecule has 3 aromatic rings. The van der Waals surface area contributed by atoms with Gasteiger partial charge in [0.1, 0.15) is 17.1 Å². The summed E-state index contributed by atoms with van der Waals surface area (Å²) in [5, 5.41) is 18.0. The summed E-state index contributed by atoms with van der Waals surface area (Å²) in [7, 11) is 0. The fraction of sp³-hybridized carbons (Fsp3) is 0.594. The molecule has 3 heterocycles. The molecule has 2 aliphatic heterocycles. The van der Waals surface area contributed by atoms with E-state index in [1.807, 2.05) is 6.07 Å². The van der Waals surface area contributed by atoms with Crippen LogP contribution in [0.5, 0.6) is 0 Å². The normalized spacial score (nSPS) is 24.2. The molecule has 0 unspecified atom stereocenters. The highest BCUT2D eigenvalue weighted by Gasteiger charge is 2.41. The van der Waals surface area contributed by atoms with Crippen LogP contribution < -0.4 is 0 Å². The number of hydrogen-bond acceptors (Lipinski definition) is 6. The highest BCUT2D eigenvalue weighted by Crippen LogP contribution is 2.38. The molecule has 7 heteroatoms. The first-order valence-corrected chi connectivity index (χ1v) is 15.1. The summed E-state index contributed by atoms with van der Waals surface area (Å²) in [5.74, 6) is 1.65. The second-order valence-electron chi connectivity index (χ2n) is 12.3. The molecule has 0 amide bonds. The second-order valence-corrected chi connectivity index (χ2v) is 12.3. The van der Waals surface area contributed by atoms with Gasteiger partial charge in [0.15, 0.2) is 0 Å². The van der Waals surface area contributed by atoms with E-state index in [0.717, 1.165) is 62.5 Å². The second kappa shape index (κ2) is 12.2. The Morgan fingerprint density at radius 1 is 0.974 bits per heavy atom. The van der Waals surface area contributed by atoms with Gasteiger partial charge in [0.25, 0.3) is 0 Å². The number of aryl methyl sites for hydroxylation is 1. The summed E-state index contributed by atoms with van der Waals surface area (Å²) in [6, 6.07) is 16.7. The first-order valence-electron chi connectivity index (χ1n) is 15.1. The number of hydrogen-bond donors (Lipinski definition) is 1. The van der Waals surface area contributed by atoms with Gasteiger partial charge in [-0.1, -0.05) is 62.1 Å². The van der Waals surface area contributed by atoms with Crippen LogP contribution in [0, 0.1) is 17.8 Å². The van der Waals surface area contributed by atoms with E-state index < -0.39 is 5.97 Å². The molecule has 2 saturated heterocycles. The molecule has 3 atom stereocenters. The summed E-state index contributed by atoms with van der Waals surface area (Å²) < 4.78 is 4.83. The molecule has 0 radical (unpaired) electrons. The Kier molecular flexibility index (Phi) is 8.26. The first-order chi connectivity index (χ1) is 19.1. The van der Waals surface area contributed by atoms with Crippen LogP contribution >= 0.6 is 0 Å². The van der Waals surface area contributed by atoms with Crippen molar-refractivity contribution in [2.45, 2.75) is 69.7 Å². The predicted octanol–water partition coefficient (Wildman–Crippen LogP) is 5.62. The number of likely N-dealkylation sites (tertiary alicyclic amines) is 2. The zero-order valence-electron chi connectivity index (χ0n) is 23.0. The molecule has 6 rings (SSSR count). The van der Waals surface area contributed by atoms with E-state index in [-0.39, 0.29) is 6.04 Å². The van der Waals surface area contributed by atoms with Gasteiger partial charge in [0, 0.05) is 25.6 Å². The van der Waals surface area contributed by atoms with E-state index in [2.05, 4.69) is 62.6 Å². The molecule has 1 aromatic heterocycles. The third kappa shape index (κ3) is 6.36. The average Bonchev–Trinajstić information content (AvgIpc) is 3.56. The van der Waals surface area contributed by atoms with Crippen LogP contribution in [0.4, 0.5) is 0 Å². The average molecular weight is 531 g/mol. The lowest BCUT2D eigenvalue weighted by Gasteiger charge is -2.35. The molecule has 208 valence electrons. The standard InChI is InChI=1S/C32H42N4O3/c37-32(38)31(19-24-7-5-8-24)36-21-27(28(22-36)26-10-2-1-3-11-26)20-35-16-14-23(15-17-35)6-4-9-25-12-13-29-30(18-25)34-39-33-29/h1-3,10-13,18,23-24,27-28,31H,4-9,14-17,19-22H2,(H,37,38)/t27-,28+,31+/m0/s1. The Hall–Kier alpha value is -2.77. The minimum atomic E-state index is -0.632. The number of benzene rings is 2. The molecule has 0 spiro atoms. The smallest absolute Gasteiger partial charge is 0.320 e. The number of carboxylic acid groups (broad SMARTS) is 1. The molecule has 1 aliphatic carbocycles. The molecule has 0 bridgehead atoms. The Bertz CT molecular complexity index is 1220. The van der Waals surface area contributed by atoms with Gasteiger partial charge in [-0.2, -0.15) is 0 Å². The predicted molar refractivity (Wildman–Crippen MR) is 152 cm³/mol. The summed E-state index contributed by atoms with van der Waals surface area (Å²) in [6.07, 6.45) is 10.6. The quantitative estimate of drug-likeness (QED) is 0.345. The van der Waals surface area contributed by atoms with E-state index in [9.17, 15) is 9.90 Å². The van der Waals surface area contributed by atoms with Crippen LogP contribution in [0.15, 0.2) is 53.2 Å². The Balaban J connectivity index is 1.02. The molecular formula is C32H42N4O3. The third-order valence-corrected chi connectivity index (χ3v) is 9.80. The van der Waals surface area contributed by atoms with Gasteiger partial charge in [0.2, 0.25) is 0 Å². The van der Waals surface area contributed by atoms with Crippen LogP contribution in [0.2, 0.25) is 0 Å². The molecule has 3 aliphatic rings. The fourth-order valence-corrected chi connectivity index (χ4v) is 7.24. The monoisotopic (exact) mass is 530 g/mol. The van der Waals surface area contributed by atoms with Crippen LogP contribution in [-0.2, 0) is 11.2 Å². The minimum absolute atomic E-state index is 0.335. The number of fused-ring (bicyclic) bond motifs is 1. The number of carbonyl (C=O) groups is 1. The molecule has 3 fully saturated rings. The molecule has 39 heavy (non-hydrogen) atoms. The Labute approximate surface area is 231 Å². The van der Waals surface area contributed by atoms with Crippen molar-refractivity contribution in [3.8, 4) is 0 Å². The maximum atomic E-state index is 12.3. The van der Waals surface area contributed by atoms with Gasteiger partial charge in [-0.15, -0.1) is 0 Å². The Morgan fingerprint density at radius 2 is 1.77 bits per heavy atom. The van der Waals surface area contributed by atoms with Gasteiger partial charge in [-0.05, 0) is 96.5 Å². The number of aliphatic carboxylic acids is 1. The first kappa shape index (κ1) is 26.5. The molecule has 1 saturated carbocycles. The lowest BCUT2D eigenvalue weighted by Crippen LogP contribution is -2.43.